The van der Waals surface area contributed by atoms with E-state index in [1.807, 2.05) is 47.7 Å². The van der Waals surface area contributed by atoms with Crippen LogP contribution < -0.4 is 77.6 Å². The maximum atomic E-state index is 6.68. The lowest BCUT2D eigenvalue weighted by Gasteiger charge is -2.33. The minimum absolute atomic E-state index is 0.0441. The molecule has 0 saturated heterocycles. The molecule has 0 saturated carbocycles. The Hall–Kier alpha value is -18.7. The van der Waals surface area contributed by atoms with E-state index in [1.54, 1.807) is 0 Å². The first-order chi connectivity index (χ1) is 72.4. The standard InChI is InChI=1S/2C48H29BN2O2.C36H21BO2S/c1-2-12-32(13-3-1)50-40-18-8-4-14-34(40)36-24-22-31(27-43(36)50)30-23-25-42-37(26-30)35-15-5-9-19-41(35)51(42)33-28-46-48-47(29-33)53-45-21-11-7-17-39(45)49(48)38-16-6-10-20-44(38)52-46;1-2-12-32(13-3-1)50-40-18-8-4-14-34(40)36-26-30(22-24-42(36)50)31-23-25-43-37(27-31)35-15-5-9-19-41(35)51(43)33-28-46-48-47(29-33)53-45-21-11-7-17-39(45)49(48)38-16-6-10-20-44(38)52-46;1-6-15-34-26(10-1)27-19-24(16-17-35(27)40-34)22-8-7-9-23(18-22)25-20-32-36-33(21-25)39-31-14-5-3-12-29(31)37(36)28-11-2-4-13-30(28)38-32/h2*1-29H;1-21H. The molecule has 0 atom stereocenters. The van der Waals surface area contributed by atoms with Crippen molar-refractivity contribution in [3.05, 3.63) is 479 Å². The van der Waals surface area contributed by atoms with Gasteiger partial charge in [-0.1, -0.05) is 291 Å². The number of hydrogen-bond acceptors (Lipinski definition) is 7. The molecule has 0 N–H and O–H groups in total. The van der Waals surface area contributed by atoms with Gasteiger partial charge >= 0.3 is 0 Å². The Morgan fingerprint density at radius 3 is 0.795 bits per heavy atom. The monoisotopic (exact) mass is 1880 g/mol. The van der Waals surface area contributed by atoms with E-state index < -0.39 is 0 Å². The molecule has 11 heterocycles. The topological polar surface area (TPSA) is 75.1 Å². The van der Waals surface area contributed by atoms with Gasteiger partial charge in [-0.25, -0.2) is 0 Å². The quantitative estimate of drug-likeness (QED) is 0.141. The fourth-order valence-electron chi connectivity index (χ4n) is 24.2. The van der Waals surface area contributed by atoms with Crippen LogP contribution in [0.2, 0.25) is 0 Å². The summed E-state index contributed by atoms with van der Waals surface area (Å²) in [5, 5.41) is 12.4. The summed E-state index contributed by atoms with van der Waals surface area (Å²) in [6, 6.07) is 171. The SMILES string of the molecule is c1cc(-c2cc3c4c(c2)Oc2ccccc2B4c2ccccc2O3)cc(-c2ccc3sc4ccccc4c3c2)c1.c1ccc(-n2c3ccccc3c3cc(-c4ccc5c(c4)c4ccccc4n5-c4cc5c6c(c4)Oc4ccccc4B6c4ccccc4O5)ccc32)cc1.c1ccc(-n2c3ccccc3c3ccc(-c4ccc5c(c4)c4ccccc4n5-c4cc5c6c(c4)Oc4ccccc4B6c4ccccc4O5)cc32)cc1. The van der Waals surface area contributed by atoms with Crippen LogP contribution >= 0.6 is 11.3 Å². The van der Waals surface area contributed by atoms with Crippen molar-refractivity contribution in [1.82, 2.24) is 18.3 Å². The molecule has 0 amide bonds. The fourth-order valence-corrected chi connectivity index (χ4v) is 25.3. The van der Waals surface area contributed by atoms with Crippen molar-refractivity contribution < 1.29 is 28.4 Å². The van der Waals surface area contributed by atoms with E-state index in [0.29, 0.717) is 0 Å². The first-order valence-corrected chi connectivity index (χ1v) is 50.6. The molecule has 22 aromatic carbocycles. The summed E-state index contributed by atoms with van der Waals surface area (Å²) >= 11 is 1.85. The largest absolute Gasteiger partial charge is 0.458 e. The van der Waals surface area contributed by atoms with E-state index in [4.69, 9.17) is 28.4 Å². The van der Waals surface area contributed by atoms with Crippen molar-refractivity contribution in [1.29, 1.82) is 0 Å². The zero-order chi connectivity index (χ0) is 95.5. The summed E-state index contributed by atoms with van der Waals surface area (Å²) < 4.78 is 51.9. The minimum atomic E-state index is 0.0441. The summed E-state index contributed by atoms with van der Waals surface area (Å²) in [5.74, 6) is 10.4. The second-order valence-corrected chi connectivity index (χ2v) is 39.7. The van der Waals surface area contributed by atoms with E-state index in [-0.39, 0.29) is 20.1 Å². The molecule has 0 fully saturated rings. The van der Waals surface area contributed by atoms with Crippen LogP contribution in [0.15, 0.2) is 479 Å². The predicted molar refractivity (Wildman–Crippen MR) is 604 cm³/mol. The maximum Gasteiger partial charge on any atom is 0.260 e. The summed E-state index contributed by atoms with van der Waals surface area (Å²) in [7, 11) is 0. The van der Waals surface area contributed by atoms with E-state index in [9.17, 15) is 0 Å². The molecule has 6 aliphatic heterocycles. The number of nitrogens with zero attached hydrogens (tertiary/aromatic N) is 4. The Morgan fingerprint density at radius 1 is 0.144 bits per heavy atom. The highest BCUT2D eigenvalue weighted by atomic mass is 32.1. The average molecular weight is 1880 g/mol. The predicted octanol–water partition coefficient (Wildman–Crippen LogP) is 28.7. The van der Waals surface area contributed by atoms with Crippen molar-refractivity contribution in [3.63, 3.8) is 0 Å². The second kappa shape index (κ2) is 32.4. The van der Waals surface area contributed by atoms with Crippen LogP contribution in [0.3, 0.4) is 0 Å². The van der Waals surface area contributed by atoms with Crippen molar-refractivity contribution in [2.75, 3.05) is 0 Å². The second-order valence-electron chi connectivity index (χ2n) is 38.6. The van der Waals surface area contributed by atoms with E-state index in [1.165, 1.54) is 130 Å². The maximum absolute atomic E-state index is 6.68. The zero-order valence-corrected chi connectivity index (χ0v) is 79.3. The molecule has 146 heavy (non-hydrogen) atoms. The number of aromatic nitrogens is 4. The number of rotatable bonds is 8. The van der Waals surface area contributed by atoms with Gasteiger partial charge in [-0.05, 0) is 241 Å². The van der Waals surface area contributed by atoms with Gasteiger partial charge in [0.25, 0.3) is 20.1 Å². The molecule has 27 aromatic rings. The normalized spacial score (nSPS) is 12.8. The van der Waals surface area contributed by atoms with Gasteiger partial charge in [0, 0.05) is 115 Å². The van der Waals surface area contributed by atoms with Gasteiger partial charge in [-0.15, -0.1) is 11.3 Å². The molecule has 14 heteroatoms. The molecule has 0 radical (unpaired) electrons. The Kier molecular flexibility index (Phi) is 18.2. The van der Waals surface area contributed by atoms with Gasteiger partial charge in [0.15, 0.2) is 0 Å². The van der Waals surface area contributed by atoms with Gasteiger partial charge in [-0.2, -0.15) is 0 Å². The Morgan fingerprint density at radius 2 is 0.404 bits per heavy atom. The molecule has 0 unspecified atom stereocenters. The number of para-hydroxylation sites is 12. The third kappa shape index (κ3) is 12.8. The molecule has 0 aliphatic carbocycles. The highest BCUT2D eigenvalue weighted by Gasteiger charge is 2.44. The summed E-state index contributed by atoms with van der Waals surface area (Å²) in [5.41, 5.74) is 33.3. The van der Waals surface area contributed by atoms with Crippen LogP contribution in [0, 0.1) is 0 Å². The van der Waals surface area contributed by atoms with Gasteiger partial charge in [0.1, 0.15) is 69.0 Å². The molecule has 0 spiro atoms. The summed E-state index contributed by atoms with van der Waals surface area (Å²) in [4.78, 5) is 0. The molecule has 33 rings (SSSR count). The molecule has 10 nitrogen and oxygen atoms in total. The van der Waals surface area contributed by atoms with E-state index >= 15 is 0 Å². The van der Waals surface area contributed by atoms with E-state index in [2.05, 4.69) is 461 Å². The van der Waals surface area contributed by atoms with Crippen LogP contribution in [-0.2, 0) is 0 Å². The summed E-state index contributed by atoms with van der Waals surface area (Å²) in [6.45, 7) is 0.179. The van der Waals surface area contributed by atoms with Crippen molar-refractivity contribution in [3.8, 4) is 136 Å². The number of fused-ring (bicyclic) bond motifs is 27. The van der Waals surface area contributed by atoms with Crippen LogP contribution in [0.5, 0.6) is 69.0 Å². The first kappa shape index (κ1) is 82.0. The van der Waals surface area contributed by atoms with Crippen molar-refractivity contribution in [2.45, 2.75) is 0 Å². The van der Waals surface area contributed by atoms with Crippen molar-refractivity contribution in [2.24, 2.45) is 0 Å². The highest BCUT2D eigenvalue weighted by molar-refractivity contribution is 7.25. The molecule has 678 valence electrons. The minimum Gasteiger partial charge on any atom is -0.458 e. The summed E-state index contributed by atoms with van der Waals surface area (Å²) in [6.07, 6.45) is 0. The molecule has 0 bridgehead atoms. The van der Waals surface area contributed by atoms with Crippen LogP contribution in [-0.4, -0.2) is 38.4 Å². The Bertz CT molecular complexity index is 10000. The zero-order valence-electron chi connectivity index (χ0n) is 78.5. The van der Waals surface area contributed by atoms with Gasteiger partial charge in [0.05, 0.1) is 55.5 Å². The number of thiophene rings is 1. The Labute approximate surface area is 844 Å². The molecule has 6 aliphatic rings. The van der Waals surface area contributed by atoms with Gasteiger partial charge in [0.2, 0.25) is 0 Å². The lowest BCUT2D eigenvalue weighted by molar-refractivity contribution is 0.463. The third-order valence-corrected chi connectivity index (χ3v) is 31.8. The highest BCUT2D eigenvalue weighted by Crippen LogP contribution is 2.49. The number of ether oxygens (including phenoxy) is 6. The Balaban J connectivity index is 0.000000101. The number of benzene rings is 22. The van der Waals surface area contributed by atoms with Crippen molar-refractivity contribution >= 4 is 188 Å². The first-order valence-electron chi connectivity index (χ1n) is 49.8. The smallest absolute Gasteiger partial charge is 0.260 e. The fraction of sp³-hybridized carbons (Fsp3) is 0. The third-order valence-electron chi connectivity index (χ3n) is 30.7. The van der Waals surface area contributed by atoms with Crippen LogP contribution in [0.4, 0.5) is 0 Å². The van der Waals surface area contributed by atoms with Crippen LogP contribution in [0.1, 0.15) is 0 Å². The molecular formula is C132H79B3N4O6S. The number of hydrogen-bond donors (Lipinski definition) is 0. The average Bonchev–Trinajstić information content (AvgIpc) is 1.18. The van der Waals surface area contributed by atoms with Gasteiger partial charge in [-0.3, -0.25) is 0 Å². The molecular weight excluding hydrogens is 1800 g/mol. The van der Waals surface area contributed by atoms with Gasteiger partial charge < -0.3 is 46.7 Å². The van der Waals surface area contributed by atoms with Crippen LogP contribution in [0.25, 0.3) is 175 Å². The lowest BCUT2D eigenvalue weighted by Crippen LogP contribution is -2.57. The lowest BCUT2D eigenvalue weighted by atomic mass is 9.35. The molecule has 5 aromatic heterocycles. The van der Waals surface area contributed by atoms with E-state index in [0.717, 1.165) is 163 Å².